The van der Waals surface area contributed by atoms with Crippen LogP contribution in [0.5, 0.6) is 0 Å². The van der Waals surface area contributed by atoms with E-state index in [4.69, 9.17) is 4.74 Å². The molecule has 1 saturated carbocycles. The molecule has 2 fully saturated rings. The highest BCUT2D eigenvalue weighted by Gasteiger charge is 2.48. The van der Waals surface area contributed by atoms with E-state index in [1.165, 1.54) is 6.42 Å². The zero-order valence-electron chi connectivity index (χ0n) is 13.1. The number of carbonyl (C=O) groups is 1. The predicted molar refractivity (Wildman–Crippen MR) is 76.7 cm³/mol. The predicted octanol–water partition coefficient (Wildman–Crippen LogP) is 2.66. The van der Waals surface area contributed by atoms with Crippen molar-refractivity contribution in [2.75, 3.05) is 26.7 Å². The third-order valence-corrected chi connectivity index (χ3v) is 5.47. The third kappa shape index (κ3) is 2.81. The fraction of sp³-hybridized carbons (Fsp3) is 0.938. The average molecular weight is 267 g/mol. The van der Waals surface area contributed by atoms with Crippen molar-refractivity contribution in [2.45, 2.75) is 34.1 Å². The van der Waals surface area contributed by atoms with Crippen molar-refractivity contribution in [3.8, 4) is 0 Å². The maximum absolute atomic E-state index is 12.1. The van der Waals surface area contributed by atoms with Crippen LogP contribution in [-0.4, -0.2) is 37.6 Å². The molecule has 0 amide bonds. The van der Waals surface area contributed by atoms with Crippen LogP contribution in [0.2, 0.25) is 0 Å². The number of hydrogen-bond acceptors (Lipinski definition) is 3. The van der Waals surface area contributed by atoms with Crippen molar-refractivity contribution in [3.05, 3.63) is 0 Å². The molecule has 110 valence electrons. The molecule has 3 heteroatoms. The van der Waals surface area contributed by atoms with Gasteiger partial charge >= 0.3 is 5.97 Å². The lowest BCUT2D eigenvalue weighted by molar-refractivity contribution is -0.156. The van der Waals surface area contributed by atoms with Gasteiger partial charge in [-0.2, -0.15) is 0 Å². The summed E-state index contributed by atoms with van der Waals surface area (Å²) in [5.74, 6) is 3.31. The molecule has 3 nitrogen and oxygen atoms in total. The van der Waals surface area contributed by atoms with Crippen molar-refractivity contribution in [1.29, 1.82) is 0 Å². The molecule has 2 bridgehead atoms. The zero-order chi connectivity index (χ0) is 14.2. The van der Waals surface area contributed by atoms with Crippen molar-refractivity contribution in [3.63, 3.8) is 0 Å². The van der Waals surface area contributed by atoms with Gasteiger partial charge in [0.15, 0.2) is 0 Å². The van der Waals surface area contributed by atoms with E-state index in [9.17, 15) is 4.79 Å². The van der Waals surface area contributed by atoms with Gasteiger partial charge in [0.25, 0.3) is 0 Å². The van der Waals surface area contributed by atoms with Crippen LogP contribution < -0.4 is 0 Å². The number of piperidine rings is 1. The first kappa shape index (κ1) is 14.8. The average Bonchev–Trinajstić information content (AvgIpc) is 2.35. The van der Waals surface area contributed by atoms with Gasteiger partial charge in [0.1, 0.15) is 0 Å². The molecule has 0 aromatic rings. The molecule has 0 aromatic heterocycles. The summed E-state index contributed by atoms with van der Waals surface area (Å²) >= 11 is 0. The largest absolute Gasteiger partial charge is 0.466 e. The standard InChI is InChI=1S/C16H29NO2/c1-6-19-16(18)12(4)15-13-8-17(5)9-14(15)11(3)7-10(13)2/h10-15H,6-9H2,1-5H3. The van der Waals surface area contributed by atoms with Gasteiger partial charge in [0.05, 0.1) is 12.5 Å². The number of ether oxygens (including phenoxy) is 1. The molecule has 1 aliphatic carbocycles. The summed E-state index contributed by atoms with van der Waals surface area (Å²) in [5, 5.41) is 0. The van der Waals surface area contributed by atoms with Gasteiger partial charge < -0.3 is 9.64 Å². The van der Waals surface area contributed by atoms with Crippen LogP contribution in [-0.2, 0) is 9.53 Å². The van der Waals surface area contributed by atoms with Crippen LogP contribution in [0.4, 0.5) is 0 Å². The number of nitrogens with zero attached hydrogens (tertiary/aromatic N) is 1. The first-order valence-electron chi connectivity index (χ1n) is 7.80. The molecule has 0 N–H and O–H groups in total. The first-order chi connectivity index (χ1) is 8.95. The summed E-state index contributed by atoms with van der Waals surface area (Å²) in [4.78, 5) is 14.6. The number of rotatable bonds is 3. The second-order valence-corrected chi connectivity index (χ2v) is 6.86. The lowest BCUT2D eigenvalue weighted by atomic mass is 9.57. The molecule has 1 saturated heterocycles. The summed E-state index contributed by atoms with van der Waals surface area (Å²) < 4.78 is 5.27. The monoisotopic (exact) mass is 267 g/mol. The highest BCUT2D eigenvalue weighted by atomic mass is 16.5. The molecule has 2 aliphatic rings. The van der Waals surface area contributed by atoms with Crippen molar-refractivity contribution in [1.82, 2.24) is 4.90 Å². The summed E-state index contributed by atoms with van der Waals surface area (Å²) in [6.07, 6.45) is 1.31. The Kier molecular flexibility index (Phi) is 4.54. The molecule has 0 spiro atoms. The molecular weight excluding hydrogens is 238 g/mol. The molecule has 0 radical (unpaired) electrons. The molecule has 2 rings (SSSR count). The van der Waals surface area contributed by atoms with Crippen LogP contribution in [0, 0.1) is 35.5 Å². The second kappa shape index (κ2) is 5.82. The smallest absolute Gasteiger partial charge is 0.308 e. The van der Waals surface area contributed by atoms with E-state index in [1.54, 1.807) is 0 Å². The molecule has 0 aromatic carbocycles. The topological polar surface area (TPSA) is 29.5 Å². The Balaban J connectivity index is 2.19. The summed E-state index contributed by atoms with van der Waals surface area (Å²) in [6, 6.07) is 0. The van der Waals surface area contributed by atoms with Crippen LogP contribution in [0.1, 0.15) is 34.1 Å². The van der Waals surface area contributed by atoms with Gasteiger partial charge in [-0.1, -0.05) is 20.8 Å². The normalized spacial score (nSPS) is 40.8. The molecule has 1 aliphatic heterocycles. The number of likely N-dealkylation sites (tertiary alicyclic amines) is 1. The summed E-state index contributed by atoms with van der Waals surface area (Å²) in [7, 11) is 2.22. The van der Waals surface area contributed by atoms with Crippen LogP contribution in [0.3, 0.4) is 0 Å². The Morgan fingerprint density at radius 1 is 1.26 bits per heavy atom. The second-order valence-electron chi connectivity index (χ2n) is 6.86. The Morgan fingerprint density at radius 3 is 2.26 bits per heavy atom. The fourth-order valence-electron chi connectivity index (χ4n) is 4.58. The lowest BCUT2D eigenvalue weighted by Gasteiger charge is -2.53. The number of fused-ring (bicyclic) bond motifs is 2. The molecule has 1 heterocycles. The minimum atomic E-state index is 0.00773. The Hall–Kier alpha value is -0.570. The van der Waals surface area contributed by atoms with E-state index < -0.39 is 0 Å². The molecular formula is C16H29NO2. The lowest BCUT2D eigenvalue weighted by Crippen LogP contribution is -2.55. The fourth-order valence-corrected chi connectivity index (χ4v) is 4.58. The zero-order valence-corrected chi connectivity index (χ0v) is 13.1. The van der Waals surface area contributed by atoms with Crippen molar-refractivity contribution >= 4 is 5.97 Å². The van der Waals surface area contributed by atoms with E-state index in [1.807, 2.05) is 6.92 Å². The van der Waals surface area contributed by atoms with E-state index in [0.29, 0.717) is 24.4 Å². The van der Waals surface area contributed by atoms with Crippen LogP contribution >= 0.6 is 0 Å². The Labute approximate surface area is 117 Å². The molecule has 19 heavy (non-hydrogen) atoms. The van der Waals surface area contributed by atoms with Gasteiger partial charge in [0, 0.05) is 13.1 Å². The third-order valence-electron chi connectivity index (χ3n) is 5.47. The molecule has 5 atom stereocenters. The minimum absolute atomic E-state index is 0.00773. The summed E-state index contributed by atoms with van der Waals surface area (Å²) in [5.41, 5.74) is 0. The number of esters is 1. The van der Waals surface area contributed by atoms with E-state index >= 15 is 0 Å². The number of carbonyl (C=O) groups excluding carboxylic acids is 1. The van der Waals surface area contributed by atoms with Crippen molar-refractivity contribution < 1.29 is 9.53 Å². The Bertz CT molecular complexity index is 313. The van der Waals surface area contributed by atoms with Gasteiger partial charge in [-0.05, 0) is 50.0 Å². The maximum Gasteiger partial charge on any atom is 0.308 e. The van der Waals surface area contributed by atoms with Gasteiger partial charge in [-0.3, -0.25) is 4.79 Å². The highest BCUT2D eigenvalue weighted by molar-refractivity contribution is 5.72. The van der Waals surface area contributed by atoms with Crippen LogP contribution in [0.25, 0.3) is 0 Å². The van der Waals surface area contributed by atoms with Gasteiger partial charge in [-0.15, -0.1) is 0 Å². The van der Waals surface area contributed by atoms with Gasteiger partial charge in [-0.25, -0.2) is 0 Å². The van der Waals surface area contributed by atoms with E-state index in [2.05, 4.69) is 32.7 Å². The van der Waals surface area contributed by atoms with E-state index in [-0.39, 0.29) is 11.9 Å². The highest BCUT2D eigenvalue weighted by Crippen LogP contribution is 2.48. The number of hydrogen-bond donors (Lipinski definition) is 0. The quantitative estimate of drug-likeness (QED) is 0.736. The SMILES string of the molecule is CCOC(=O)C(C)C1C2CN(C)CC1C(C)CC2C. The van der Waals surface area contributed by atoms with Gasteiger partial charge in [0.2, 0.25) is 0 Å². The first-order valence-corrected chi connectivity index (χ1v) is 7.80. The molecule has 5 unspecified atom stereocenters. The minimum Gasteiger partial charge on any atom is -0.466 e. The summed E-state index contributed by atoms with van der Waals surface area (Å²) in [6.45, 7) is 11.5. The van der Waals surface area contributed by atoms with E-state index in [0.717, 1.165) is 24.9 Å². The Morgan fingerprint density at radius 2 is 1.79 bits per heavy atom. The van der Waals surface area contributed by atoms with Crippen LogP contribution in [0.15, 0.2) is 0 Å². The van der Waals surface area contributed by atoms with Crippen molar-refractivity contribution in [2.24, 2.45) is 35.5 Å². The maximum atomic E-state index is 12.1.